The molecule has 0 saturated heterocycles. The number of carbonyl (C=O) groups is 1. The molecule has 128 valence electrons. The SMILES string of the molecule is C/C(=N/NC(=O)Cn1cnc2ccccc21)c1cc(C)c(C)cc1C. The van der Waals surface area contributed by atoms with Gasteiger partial charge in [0.1, 0.15) is 6.54 Å². The Labute approximate surface area is 147 Å². The van der Waals surface area contributed by atoms with Gasteiger partial charge in [-0.05, 0) is 62.6 Å². The maximum atomic E-state index is 12.2. The largest absolute Gasteiger partial charge is 0.321 e. The van der Waals surface area contributed by atoms with E-state index >= 15 is 0 Å². The molecule has 0 aliphatic carbocycles. The minimum Gasteiger partial charge on any atom is -0.321 e. The van der Waals surface area contributed by atoms with Crippen LogP contribution >= 0.6 is 0 Å². The van der Waals surface area contributed by atoms with Crippen molar-refractivity contribution >= 4 is 22.7 Å². The van der Waals surface area contributed by atoms with Gasteiger partial charge in [-0.25, -0.2) is 10.4 Å². The van der Waals surface area contributed by atoms with Crippen molar-refractivity contribution in [3.8, 4) is 0 Å². The smallest absolute Gasteiger partial charge is 0.260 e. The Hall–Kier alpha value is -2.95. The lowest BCUT2D eigenvalue weighted by Crippen LogP contribution is -2.24. The number of nitrogens with one attached hydrogen (secondary N) is 1. The Morgan fingerprint density at radius 3 is 2.64 bits per heavy atom. The third-order valence-electron chi connectivity index (χ3n) is 4.42. The Bertz CT molecular complexity index is 969. The molecule has 3 aromatic rings. The number of benzene rings is 2. The number of carbonyl (C=O) groups excluding carboxylic acids is 1. The number of aromatic nitrogens is 2. The summed E-state index contributed by atoms with van der Waals surface area (Å²) in [6, 6.07) is 12.0. The summed E-state index contributed by atoms with van der Waals surface area (Å²) in [4.78, 5) is 16.5. The van der Waals surface area contributed by atoms with Crippen LogP contribution in [0.5, 0.6) is 0 Å². The summed E-state index contributed by atoms with van der Waals surface area (Å²) in [6.45, 7) is 8.32. The van der Waals surface area contributed by atoms with Gasteiger partial charge in [0.25, 0.3) is 5.91 Å². The van der Waals surface area contributed by atoms with Crippen LogP contribution in [0, 0.1) is 20.8 Å². The predicted octanol–water partition coefficient (Wildman–Crippen LogP) is 3.50. The maximum absolute atomic E-state index is 12.2. The molecule has 0 spiro atoms. The Morgan fingerprint density at radius 1 is 1.12 bits per heavy atom. The zero-order valence-electron chi connectivity index (χ0n) is 15.0. The number of para-hydroxylation sites is 2. The van der Waals surface area contributed by atoms with E-state index in [-0.39, 0.29) is 12.5 Å². The Balaban J connectivity index is 1.73. The number of nitrogens with zero attached hydrogens (tertiary/aromatic N) is 3. The molecule has 0 atom stereocenters. The van der Waals surface area contributed by atoms with Crippen molar-refractivity contribution in [2.45, 2.75) is 34.2 Å². The molecule has 0 aliphatic rings. The van der Waals surface area contributed by atoms with Crippen LogP contribution in [-0.2, 0) is 11.3 Å². The summed E-state index contributed by atoms with van der Waals surface area (Å²) in [6.07, 6.45) is 1.67. The van der Waals surface area contributed by atoms with Gasteiger partial charge in [-0.1, -0.05) is 18.2 Å². The first-order valence-corrected chi connectivity index (χ1v) is 8.27. The van der Waals surface area contributed by atoms with Gasteiger partial charge in [0.05, 0.1) is 23.1 Å². The van der Waals surface area contributed by atoms with Crippen LogP contribution in [0.4, 0.5) is 0 Å². The molecule has 3 rings (SSSR count). The Morgan fingerprint density at radius 2 is 1.84 bits per heavy atom. The number of aryl methyl sites for hydroxylation is 3. The number of hydrogen-bond donors (Lipinski definition) is 1. The number of fused-ring (bicyclic) bond motifs is 1. The summed E-state index contributed by atoms with van der Waals surface area (Å²) < 4.78 is 1.82. The van der Waals surface area contributed by atoms with Crippen LogP contribution < -0.4 is 5.43 Å². The first kappa shape index (κ1) is 16.9. The van der Waals surface area contributed by atoms with Crippen LogP contribution in [0.3, 0.4) is 0 Å². The van der Waals surface area contributed by atoms with E-state index in [4.69, 9.17) is 0 Å². The predicted molar refractivity (Wildman–Crippen MR) is 101 cm³/mol. The van der Waals surface area contributed by atoms with E-state index in [9.17, 15) is 4.79 Å². The van der Waals surface area contributed by atoms with Gasteiger partial charge < -0.3 is 4.57 Å². The number of hydrogen-bond acceptors (Lipinski definition) is 3. The molecule has 5 heteroatoms. The second-order valence-corrected chi connectivity index (χ2v) is 6.34. The molecule has 0 aliphatic heterocycles. The van der Waals surface area contributed by atoms with Crippen molar-refractivity contribution in [2.24, 2.45) is 5.10 Å². The summed E-state index contributed by atoms with van der Waals surface area (Å²) in [5.41, 5.74) is 9.92. The second kappa shape index (κ2) is 6.89. The third kappa shape index (κ3) is 3.60. The van der Waals surface area contributed by atoms with Gasteiger partial charge in [-0.3, -0.25) is 4.79 Å². The average Bonchev–Trinajstić information content (AvgIpc) is 2.99. The van der Waals surface area contributed by atoms with Crippen LogP contribution in [0.2, 0.25) is 0 Å². The van der Waals surface area contributed by atoms with Gasteiger partial charge in [-0.15, -0.1) is 0 Å². The fourth-order valence-corrected chi connectivity index (χ4v) is 2.88. The molecule has 1 amide bonds. The number of rotatable bonds is 4. The molecule has 1 aromatic heterocycles. The fourth-order valence-electron chi connectivity index (χ4n) is 2.88. The van der Waals surface area contributed by atoms with Crippen molar-refractivity contribution in [1.82, 2.24) is 15.0 Å². The molecule has 1 heterocycles. The van der Waals surface area contributed by atoms with Crippen LogP contribution in [0.1, 0.15) is 29.2 Å². The van der Waals surface area contributed by atoms with E-state index in [1.54, 1.807) is 6.33 Å². The summed E-state index contributed by atoms with van der Waals surface area (Å²) >= 11 is 0. The highest BCUT2D eigenvalue weighted by Crippen LogP contribution is 2.16. The lowest BCUT2D eigenvalue weighted by molar-refractivity contribution is -0.121. The molecule has 0 saturated carbocycles. The lowest BCUT2D eigenvalue weighted by atomic mass is 9.98. The quantitative estimate of drug-likeness (QED) is 0.586. The van der Waals surface area contributed by atoms with E-state index in [1.165, 1.54) is 11.1 Å². The van der Waals surface area contributed by atoms with E-state index < -0.39 is 0 Å². The first-order chi connectivity index (χ1) is 12.0. The van der Waals surface area contributed by atoms with Gasteiger partial charge in [0.15, 0.2) is 0 Å². The van der Waals surface area contributed by atoms with Crippen molar-refractivity contribution < 1.29 is 4.79 Å². The van der Waals surface area contributed by atoms with Crippen molar-refractivity contribution in [1.29, 1.82) is 0 Å². The first-order valence-electron chi connectivity index (χ1n) is 8.27. The van der Waals surface area contributed by atoms with Crippen molar-refractivity contribution in [3.63, 3.8) is 0 Å². The van der Waals surface area contributed by atoms with Crippen LogP contribution in [-0.4, -0.2) is 21.2 Å². The topological polar surface area (TPSA) is 59.3 Å². The van der Waals surface area contributed by atoms with E-state index in [0.717, 1.165) is 27.9 Å². The summed E-state index contributed by atoms with van der Waals surface area (Å²) in [7, 11) is 0. The van der Waals surface area contributed by atoms with Crippen LogP contribution in [0.15, 0.2) is 47.8 Å². The van der Waals surface area contributed by atoms with E-state index in [2.05, 4.69) is 48.4 Å². The molecule has 0 radical (unpaired) electrons. The highest BCUT2D eigenvalue weighted by Gasteiger charge is 2.08. The van der Waals surface area contributed by atoms with Crippen molar-refractivity contribution in [2.75, 3.05) is 0 Å². The molecular weight excluding hydrogens is 312 g/mol. The highest BCUT2D eigenvalue weighted by molar-refractivity contribution is 6.00. The maximum Gasteiger partial charge on any atom is 0.260 e. The number of hydrazone groups is 1. The minimum atomic E-state index is -0.177. The second-order valence-electron chi connectivity index (χ2n) is 6.34. The molecule has 0 fully saturated rings. The van der Waals surface area contributed by atoms with Gasteiger partial charge >= 0.3 is 0 Å². The van der Waals surface area contributed by atoms with E-state index in [0.29, 0.717) is 0 Å². The highest BCUT2D eigenvalue weighted by atomic mass is 16.2. The molecule has 0 unspecified atom stereocenters. The standard InChI is InChI=1S/C20H22N4O/c1-13-9-15(3)17(10-14(13)2)16(4)22-23-20(25)11-24-12-21-18-7-5-6-8-19(18)24/h5-10,12H,11H2,1-4H3,(H,23,25)/b22-16-. The molecular formula is C20H22N4O. The molecule has 1 N–H and O–H groups in total. The lowest BCUT2D eigenvalue weighted by Gasteiger charge is -2.10. The summed E-state index contributed by atoms with van der Waals surface area (Å²) in [5, 5.41) is 4.27. The fraction of sp³-hybridized carbons (Fsp3) is 0.250. The minimum absolute atomic E-state index is 0.177. The molecule has 0 bridgehead atoms. The Kier molecular flexibility index (Phi) is 4.65. The summed E-state index contributed by atoms with van der Waals surface area (Å²) in [5.74, 6) is -0.177. The average molecular weight is 334 g/mol. The van der Waals surface area contributed by atoms with Crippen molar-refractivity contribution in [3.05, 3.63) is 65.0 Å². The third-order valence-corrected chi connectivity index (χ3v) is 4.42. The van der Waals surface area contributed by atoms with Gasteiger partial charge in [-0.2, -0.15) is 5.10 Å². The zero-order valence-corrected chi connectivity index (χ0v) is 15.0. The van der Waals surface area contributed by atoms with Gasteiger partial charge in [0.2, 0.25) is 0 Å². The molecule has 25 heavy (non-hydrogen) atoms. The normalized spacial score (nSPS) is 11.8. The van der Waals surface area contributed by atoms with Gasteiger partial charge in [0, 0.05) is 5.56 Å². The molecule has 2 aromatic carbocycles. The number of amides is 1. The monoisotopic (exact) mass is 334 g/mol. The zero-order chi connectivity index (χ0) is 18.0. The number of imidazole rings is 1. The van der Waals surface area contributed by atoms with E-state index in [1.807, 2.05) is 35.8 Å². The van der Waals surface area contributed by atoms with Crippen LogP contribution in [0.25, 0.3) is 11.0 Å². The molecule has 5 nitrogen and oxygen atoms in total.